The van der Waals surface area contributed by atoms with Gasteiger partial charge in [-0.2, -0.15) is 0 Å². The average Bonchev–Trinajstić information content (AvgIpc) is 2.59. The molecule has 1 aromatic carbocycles. The van der Waals surface area contributed by atoms with E-state index in [9.17, 15) is 4.79 Å². The predicted octanol–water partition coefficient (Wildman–Crippen LogP) is 3.70. The standard InChI is InChI=1S/C20H29BrN4O/c1-5-7-18(24-11-13(3)22-14(4)12-24)19-23-17-9-8-15(21)10-16(17)20(26)25(19)6-2/h8-10,13-14,18,22H,5-7,11-12H2,1-4H3/t13-,14-,18?/m0/s1. The van der Waals surface area contributed by atoms with Gasteiger partial charge in [-0.3, -0.25) is 14.3 Å². The summed E-state index contributed by atoms with van der Waals surface area (Å²) in [5.41, 5.74) is 0.848. The van der Waals surface area contributed by atoms with E-state index in [1.54, 1.807) is 0 Å². The van der Waals surface area contributed by atoms with Crippen molar-refractivity contribution in [3.05, 3.63) is 38.9 Å². The molecule has 0 bridgehead atoms. The maximum atomic E-state index is 13.1. The summed E-state index contributed by atoms with van der Waals surface area (Å²) < 4.78 is 2.78. The Kier molecular flexibility index (Phi) is 6.15. The van der Waals surface area contributed by atoms with Gasteiger partial charge in [-0.25, -0.2) is 4.98 Å². The molecule has 1 saturated heterocycles. The highest BCUT2D eigenvalue weighted by molar-refractivity contribution is 9.10. The van der Waals surface area contributed by atoms with Gasteiger partial charge >= 0.3 is 0 Å². The van der Waals surface area contributed by atoms with E-state index in [0.29, 0.717) is 24.0 Å². The summed E-state index contributed by atoms with van der Waals surface area (Å²) in [5.74, 6) is 0.912. The van der Waals surface area contributed by atoms with Gasteiger partial charge < -0.3 is 5.32 Å². The Morgan fingerprint density at radius 1 is 1.27 bits per heavy atom. The van der Waals surface area contributed by atoms with Crippen LogP contribution in [0.1, 0.15) is 52.4 Å². The summed E-state index contributed by atoms with van der Waals surface area (Å²) in [7, 11) is 0. The molecule has 1 aliphatic rings. The van der Waals surface area contributed by atoms with Crippen molar-refractivity contribution in [2.75, 3.05) is 13.1 Å². The second-order valence-electron chi connectivity index (χ2n) is 7.41. The molecule has 3 atom stereocenters. The molecule has 142 valence electrons. The third-order valence-electron chi connectivity index (χ3n) is 5.15. The first kappa shape index (κ1) is 19.5. The average molecular weight is 421 g/mol. The zero-order chi connectivity index (χ0) is 18.8. The minimum Gasteiger partial charge on any atom is -0.309 e. The van der Waals surface area contributed by atoms with E-state index in [-0.39, 0.29) is 11.6 Å². The van der Waals surface area contributed by atoms with Gasteiger partial charge in [0.05, 0.1) is 16.9 Å². The summed E-state index contributed by atoms with van der Waals surface area (Å²) in [5, 5.41) is 4.28. The Balaban J connectivity index is 2.13. The SMILES string of the molecule is CCCC(c1nc2ccc(Br)cc2c(=O)n1CC)N1C[C@H](C)N[C@@H](C)C1. The fraction of sp³-hybridized carbons (Fsp3) is 0.600. The molecule has 1 aromatic heterocycles. The van der Waals surface area contributed by atoms with Crippen LogP contribution in [0.2, 0.25) is 0 Å². The first-order valence-corrected chi connectivity index (χ1v) is 10.4. The van der Waals surface area contributed by atoms with E-state index in [0.717, 1.165) is 41.7 Å². The van der Waals surface area contributed by atoms with Gasteiger partial charge in [0.25, 0.3) is 5.56 Å². The van der Waals surface area contributed by atoms with Crippen LogP contribution in [-0.4, -0.2) is 39.6 Å². The van der Waals surface area contributed by atoms with E-state index in [1.165, 1.54) is 0 Å². The molecular formula is C20H29BrN4O. The second kappa shape index (κ2) is 8.19. The molecule has 3 rings (SSSR count). The second-order valence-corrected chi connectivity index (χ2v) is 8.32. The number of nitrogens with one attached hydrogen (secondary N) is 1. The van der Waals surface area contributed by atoms with Crippen LogP contribution in [0.25, 0.3) is 10.9 Å². The van der Waals surface area contributed by atoms with Crippen LogP contribution in [0, 0.1) is 0 Å². The highest BCUT2D eigenvalue weighted by atomic mass is 79.9. The van der Waals surface area contributed by atoms with Crippen molar-refractivity contribution >= 4 is 26.8 Å². The first-order chi connectivity index (χ1) is 12.4. The zero-order valence-electron chi connectivity index (χ0n) is 16.1. The normalized spacial score (nSPS) is 22.7. The highest BCUT2D eigenvalue weighted by Crippen LogP contribution is 2.27. The van der Waals surface area contributed by atoms with Gasteiger partial charge in [0.2, 0.25) is 0 Å². The van der Waals surface area contributed by atoms with Crippen LogP contribution in [-0.2, 0) is 6.54 Å². The topological polar surface area (TPSA) is 50.2 Å². The summed E-state index contributed by atoms with van der Waals surface area (Å²) >= 11 is 3.47. The van der Waals surface area contributed by atoms with Gasteiger partial charge in [0, 0.05) is 36.2 Å². The summed E-state index contributed by atoms with van der Waals surface area (Å²) in [6, 6.07) is 6.83. The lowest BCUT2D eigenvalue weighted by molar-refractivity contribution is 0.109. The van der Waals surface area contributed by atoms with E-state index in [4.69, 9.17) is 4.98 Å². The van der Waals surface area contributed by atoms with Crippen LogP contribution in [0.15, 0.2) is 27.5 Å². The molecule has 0 radical (unpaired) electrons. The monoisotopic (exact) mass is 420 g/mol. The number of halogens is 1. The van der Waals surface area contributed by atoms with Crippen LogP contribution in [0.5, 0.6) is 0 Å². The van der Waals surface area contributed by atoms with E-state index < -0.39 is 0 Å². The fourth-order valence-corrected chi connectivity index (χ4v) is 4.50. The molecular weight excluding hydrogens is 392 g/mol. The lowest BCUT2D eigenvalue weighted by Crippen LogP contribution is -2.55. The number of fused-ring (bicyclic) bond motifs is 1. The van der Waals surface area contributed by atoms with Gasteiger partial charge in [0.1, 0.15) is 5.82 Å². The number of rotatable bonds is 5. The molecule has 0 spiro atoms. The molecule has 2 aromatic rings. The van der Waals surface area contributed by atoms with E-state index in [2.05, 4.69) is 46.9 Å². The third kappa shape index (κ3) is 3.87. The van der Waals surface area contributed by atoms with Crippen molar-refractivity contribution in [2.24, 2.45) is 0 Å². The summed E-state index contributed by atoms with van der Waals surface area (Å²) in [6.45, 7) is 11.3. The van der Waals surface area contributed by atoms with Gasteiger partial charge in [-0.15, -0.1) is 0 Å². The van der Waals surface area contributed by atoms with E-state index in [1.807, 2.05) is 29.7 Å². The number of hydrogen-bond donors (Lipinski definition) is 1. The highest BCUT2D eigenvalue weighted by Gasteiger charge is 2.30. The van der Waals surface area contributed by atoms with Crippen LogP contribution < -0.4 is 10.9 Å². The molecule has 5 nitrogen and oxygen atoms in total. The third-order valence-corrected chi connectivity index (χ3v) is 5.64. The molecule has 1 aliphatic heterocycles. The summed E-state index contributed by atoms with van der Waals surface area (Å²) in [6.07, 6.45) is 2.07. The molecule has 1 N–H and O–H groups in total. The minimum atomic E-state index is 0.0612. The Morgan fingerprint density at radius 3 is 2.58 bits per heavy atom. The quantitative estimate of drug-likeness (QED) is 0.800. The Hall–Kier alpha value is -1.24. The van der Waals surface area contributed by atoms with Crippen molar-refractivity contribution in [2.45, 2.75) is 65.2 Å². The largest absolute Gasteiger partial charge is 0.309 e. The number of hydrogen-bond acceptors (Lipinski definition) is 4. The summed E-state index contributed by atoms with van der Waals surface area (Å²) in [4.78, 5) is 20.6. The number of aromatic nitrogens is 2. The molecule has 1 unspecified atom stereocenters. The maximum Gasteiger partial charge on any atom is 0.261 e. The molecule has 26 heavy (non-hydrogen) atoms. The molecule has 0 aliphatic carbocycles. The van der Waals surface area contributed by atoms with Crippen molar-refractivity contribution in [3.63, 3.8) is 0 Å². The Morgan fingerprint density at radius 2 is 1.96 bits per heavy atom. The van der Waals surface area contributed by atoms with Crippen molar-refractivity contribution in [1.82, 2.24) is 19.8 Å². The Bertz CT molecular complexity index is 824. The zero-order valence-corrected chi connectivity index (χ0v) is 17.7. The van der Waals surface area contributed by atoms with Crippen LogP contribution in [0.4, 0.5) is 0 Å². The molecule has 1 fully saturated rings. The number of benzene rings is 1. The van der Waals surface area contributed by atoms with Crippen molar-refractivity contribution < 1.29 is 0 Å². The lowest BCUT2D eigenvalue weighted by Gasteiger charge is -2.41. The van der Waals surface area contributed by atoms with Gasteiger partial charge in [-0.05, 0) is 45.4 Å². The Labute approximate surface area is 163 Å². The maximum absolute atomic E-state index is 13.1. The predicted molar refractivity (Wildman–Crippen MR) is 111 cm³/mol. The molecule has 2 heterocycles. The molecule has 6 heteroatoms. The fourth-order valence-electron chi connectivity index (χ4n) is 4.14. The van der Waals surface area contributed by atoms with Crippen molar-refractivity contribution in [3.8, 4) is 0 Å². The lowest BCUT2D eigenvalue weighted by atomic mass is 10.0. The van der Waals surface area contributed by atoms with E-state index >= 15 is 0 Å². The van der Waals surface area contributed by atoms with Gasteiger partial charge in [-0.1, -0.05) is 29.3 Å². The number of nitrogens with zero attached hydrogens (tertiary/aromatic N) is 3. The van der Waals surface area contributed by atoms with Gasteiger partial charge in [0.15, 0.2) is 0 Å². The van der Waals surface area contributed by atoms with Crippen LogP contribution >= 0.6 is 15.9 Å². The van der Waals surface area contributed by atoms with Crippen molar-refractivity contribution in [1.29, 1.82) is 0 Å². The first-order valence-electron chi connectivity index (χ1n) is 9.64. The van der Waals surface area contributed by atoms with Crippen LogP contribution in [0.3, 0.4) is 0 Å². The minimum absolute atomic E-state index is 0.0612. The number of piperazine rings is 1. The smallest absolute Gasteiger partial charge is 0.261 e. The molecule has 0 amide bonds. The molecule has 0 saturated carbocycles.